The van der Waals surface area contributed by atoms with E-state index in [4.69, 9.17) is 4.98 Å². The number of aliphatic hydroxyl groups excluding tert-OH is 1. The van der Waals surface area contributed by atoms with Crippen molar-refractivity contribution < 1.29 is 30.0 Å². The average molecular weight is 771 g/mol. The molecule has 0 atom stereocenters. The molecule has 43 heavy (non-hydrogen) atoms. The van der Waals surface area contributed by atoms with E-state index in [1.54, 1.807) is 0 Å². The number of allylic oxidation sites excluding steroid dienone is 2. The molecule has 3 aromatic carbocycles. The van der Waals surface area contributed by atoms with Gasteiger partial charge in [0.05, 0.1) is 13.8 Å². The fourth-order valence-electron chi connectivity index (χ4n) is 6.20. The molecule has 1 N–H and O–H groups in total. The molecule has 0 fully saturated rings. The summed E-state index contributed by atoms with van der Waals surface area (Å²) in [6.07, 6.45) is 6.87. The van der Waals surface area contributed by atoms with Gasteiger partial charge in [-0.05, 0) is 53.5 Å². The molecule has 0 aliphatic heterocycles. The predicted molar refractivity (Wildman–Crippen MR) is 182 cm³/mol. The minimum atomic E-state index is -1.42. The third-order valence-corrected chi connectivity index (χ3v) is 11.2. The normalized spacial score (nSPS) is 13.9. The second-order valence-corrected chi connectivity index (χ2v) is 18.4. The Kier molecular flexibility index (Phi) is 11.4. The van der Waals surface area contributed by atoms with Gasteiger partial charge in [-0.15, -0.1) is 23.6 Å². The van der Waals surface area contributed by atoms with Gasteiger partial charge in [-0.3, -0.25) is 9.78 Å². The van der Waals surface area contributed by atoms with E-state index in [0.717, 1.165) is 42.3 Å². The van der Waals surface area contributed by atoms with E-state index in [9.17, 15) is 9.90 Å². The van der Waals surface area contributed by atoms with Crippen molar-refractivity contribution in [2.45, 2.75) is 92.3 Å². The maximum Gasteiger partial charge on any atom is 0.162 e. The maximum absolute atomic E-state index is 11.7. The molecule has 3 nitrogen and oxygen atoms in total. The van der Waals surface area contributed by atoms with Crippen molar-refractivity contribution in [1.82, 2.24) is 4.98 Å². The van der Waals surface area contributed by atoms with Crippen molar-refractivity contribution in [2.24, 2.45) is 11.8 Å². The van der Waals surface area contributed by atoms with Crippen LogP contribution in [0.1, 0.15) is 78.4 Å². The summed E-state index contributed by atoms with van der Waals surface area (Å²) in [6.45, 7) is 20.1. The Hall–Kier alpha value is -2.59. The van der Waals surface area contributed by atoms with E-state index in [1.807, 2.05) is 33.9 Å². The summed E-state index contributed by atoms with van der Waals surface area (Å²) in [5.74, 6) is 0.547. The predicted octanol–water partition coefficient (Wildman–Crippen LogP) is 9.91. The van der Waals surface area contributed by atoms with Gasteiger partial charge >= 0.3 is 0 Å². The number of aliphatic hydroxyl groups is 1. The molecule has 1 heterocycles. The van der Waals surface area contributed by atoms with E-state index in [2.05, 4.69) is 88.1 Å². The molecule has 0 spiro atoms. The Labute approximate surface area is 273 Å². The summed E-state index contributed by atoms with van der Waals surface area (Å²) in [7, 11) is -1.42. The molecule has 0 amide bonds. The Morgan fingerprint density at radius 2 is 1.53 bits per heavy atom. The van der Waals surface area contributed by atoms with Gasteiger partial charge in [-0.2, -0.15) is 0 Å². The number of benzene rings is 3. The Morgan fingerprint density at radius 3 is 2.14 bits per heavy atom. The number of carbonyl (C=O) groups excluding carboxylic acids is 1. The molecule has 0 bridgehead atoms. The van der Waals surface area contributed by atoms with Crippen LogP contribution >= 0.6 is 0 Å². The van der Waals surface area contributed by atoms with Crippen LogP contribution in [0, 0.1) is 17.9 Å². The summed E-state index contributed by atoms with van der Waals surface area (Å²) in [5.41, 5.74) is 4.93. The summed E-state index contributed by atoms with van der Waals surface area (Å²) < 4.78 is 0. The second-order valence-electron chi connectivity index (χ2n) is 13.3. The number of hydrogen-bond acceptors (Lipinski definition) is 3. The van der Waals surface area contributed by atoms with Crippen molar-refractivity contribution in [3.05, 3.63) is 83.8 Å². The molecule has 1 aliphatic carbocycles. The zero-order valence-electron chi connectivity index (χ0n) is 27.4. The molecular weight excluding hydrogens is 723 g/mol. The van der Waals surface area contributed by atoms with Crippen LogP contribution in [0.4, 0.5) is 0 Å². The van der Waals surface area contributed by atoms with Crippen LogP contribution in [-0.2, 0) is 30.3 Å². The minimum Gasteiger partial charge on any atom is -0.512 e. The molecule has 231 valence electrons. The molecule has 0 saturated heterocycles. The summed E-state index contributed by atoms with van der Waals surface area (Å²) >= 11 is 0. The van der Waals surface area contributed by atoms with Crippen LogP contribution in [0.25, 0.3) is 32.8 Å². The monoisotopic (exact) mass is 771 g/mol. The first-order valence-corrected chi connectivity index (χ1v) is 19.2. The first-order valence-electron chi connectivity index (χ1n) is 15.7. The van der Waals surface area contributed by atoms with Crippen LogP contribution in [0.5, 0.6) is 0 Å². The van der Waals surface area contributed by atoms with Crippen molar-refractivity contribution in [3.8, 4) is 11.3 Å². The number of nitrogens with zero attached hydrogens (tertiary/aromatic N) is 1. The van der Waals surface area contributed by atoms with Crippen LogP contribution in [0.3, 0.4) is 0 Å². The number of hydrogen-bond donors (Lipinski definition) is 1. The maximum atomic E-state index is 11.7. The van der Waals surface area contributed by atoms with Gasteiger partial charge in [0.25, 0.3) is 0 Å². The zero-order chi connectivity index (χ0) is 30.8. The average Bonchev–Trinajstić information content (AvgIpc) is 2.96. The Morgan fingerprint density at radius 1 is 0.907 bits per heavy atom. The number of fused-ring (bicyclic) bond motifs is 3. The second kappa shape index (κ2) is 14.0. The van der Waals surface area contributed by atoms with Gasteiger partial charge in [0.15, 0.2) is 5.78 Å². The Balaban J connectivity index is 0.000000274. The quantitative estimate of drug-likeness (QED) is 0.0841. The molecule has 0 unspecified atom stereocenters. The molecule has 4 aromatic rings. The summed E-state index contributed by atoms with van der Waals surface area (Å²) in [6, 6.07) is 21.6. The van der Waals surface area contributed by atoms with Crippen molar-refractivity contribution in [3.63, 3.8) is 0 Å². The molecule has 5 heteroatoms. The molecule has 1 radical (unpaired) electrons. The first-order chi connectivity index (χ1) is 19.9. The molecule has 1 aliphatic rings. The molecule has 1 aromatic heterocycles. The van der Waals surface area contributed by atoms with E-state index < -0.39 is 8.07 Å². The van der Waals surface area contributed by atoms with E-state index in [0.29, 0.717) is 0 Å². The number of ketones is 1. The third-order valence-electron chi connectivity index (χ3n) is 9.18. The largest absolute Gasteiger partial charge is 0.512 e. The fraction of sp³-hybridized carbons (Fsp3) is 0.421. The summed E-state index contributed by atoms with van der Waals surface area (Å²) in [5, 5.41) is 16.3. The van der Waals surface area contributed by atoms with Gasteiger partial charge in [0.1, 0.15) is 0 Å². The first kappa shape index (κ1) is 34.9. The standard InChI is InChI=1S/C25H24NSi.C13H24O2.Ir/c1-25(2)21-14-17-9-7-6-8-16(17)13-20(21)24-23-18(10-11-26-24)12-19(15-22(23)25)27(3,4)5;1-5-10(6-2)12(14)9-13(15)11(7-3)8-4;/h6-12,14-15H,1-5H3;9-11,14H,5-8H2,1-4H3;/q-1;;/b;12-9-;. The molecule has 5 rings (SSSR count). The Bertz CT molecular complexity index is 1620. The van der Waals surface area contributed by atoms with Crippen molar-refractivity contribution in [2.75, 3.05) is 0 Å². The van der Waals surface area contributed by atoms with Gasteiger partial charge in [0.2, 0.25) is 0 Å². The molecule has 0 saturated carbocycles. The van der Waals surface area contributed by atoms with Gasteiger partial charge in [-0.25, -0.2) is 0 Å². The molecular formula is C38H48IrNO2Si-. The van der Waals surface area contributed by atoms with Crippen molar-refractivity contribution in [1.29, 1.82) is 0 Å². The van der Waals surface area contributed by atoms with E-state index in [1.165, 1.54) is 38.5 Å². The number of carbonyl (C=O) groups is 1. The van der Waals surface area contributed by atoms with Crippen LogP contribution in [0.15, 0.2) is 66.6 Å². The summed E-state index contributed by atoms with van der Waals surface area (Å²) in [4.78, 5) is 16.5. The van der Waals surface area contributed by atoms with E-state index in [-0.39, 0.29) is 48.9 Å². The number of pyridine rings is 1. The van der Waals surface area contributed by atoms with Crippen LogP contribution in [-0.4, -0.2) is 23.9 Å². The van der Waals surface area contributed by atoms with Crippen LogP contribution in [0.2, 0.25) is 19.6 Å². The number of aromatic nitrogens is 1. The zero-order valence-corrected chi connectivity index (χ0v) is 30.8. The van der Waals surface area contributed by atoms with E-state index >= 15 is 0 Å². The van der Waals surface area contributed by atoms with Crippen LogP contribution < -0.4 is 5.19 Å². The minimum absolute atomic E-state index is 0. The van der Waals surface area contributed by atoms with Gasteiger partial charge < -0.3 is 5.11 Å². The smallest absolute Gasteiger partial charge is 0.162 e. The van der Waals surface area contributed by atoms with Gasteiger partial charge in [-0.1, -0.05) is 113 Å². The fourth-order valence-corrected chi connectivity index (χ4v) is 7.37. The topological polar surface area (TPSA) is 50.2 Å². The third kappa shape index (κ3) is 7.05. The van der Waals surface area contributed by atoms with Gasteiger partial charge in [0, 0.05) is 49.9 Å². The SMILES string of the molecule is CC1(C)c2cc3ccccc3[c-]c2-c2nccc3cc([Si](C)(C)C)cc1c23.CCC(CC)C(=O)/C=C(\O)C(CC)CC.[Ir]. The van der Waals surface area contributed by atoms with Crippen molar-refractivity contribution >= 4 is 40.6 Å². The number of rotatable bonds is 8.